The Labute approximate surface area is 175 Å². The molecule has 1 aliphatic rings. The number of nitrogens with one attached hydrogen (secondary N) is 1. The Hall–Kier alpha value is -3.35. The van der Waals surface area contributed by atoms with E-state index in [1.165, 1.54) is 4.90 Å². The van der Waals surface area contributed by atoms with E-state index in [9.17, 15) is 19.5 Å². The average molecular weight is 410 g/mol. The van der Waals surface area contributed by atoms with E-state index < -0.39 is 18.1 Å². The number of nitrogens with zero attached hydrogens (tertiary/aromatic N) is 1. The molecule has 30 heavy (non-hydrogen) atoms. The third-order valence-corrected chi connectivity index (χ3v) is 5.43. The highest BCUT2D eigenvalue weighted by molar-refractivity contribution is 5.87. The molecule has 0 aliphatic heterocycles. The lowest BCUT2D eigenvalue weighted by Gasteiger charge is -2.21. The van der Waals surface area contributed by atoms with Gasteiger partial charge in [0.05, 0.1) is 6.42 Å². The number of carbonyl (C=O) groups is 3. The molecule has 0 heterocycles. The largest absolute Gasteiger partial charge is 0.480 e. The highest BCUT2D eigenvalue weighted by Crippen LogP contribution is 2.44. The van der Waals surface area contributed by atoms with Crippen molar-refractivity contribution in [3.63, 3.8) is 0 Å². The van der Waals surface area contributed by atoms with Crippen LogP contribution >= 0.6 is 0 Å². The first-order chi connectivity index (χ1) is 14.5. The molecule has 158 valence electrons. The van der Waals surface area contributed by atoms with Crippen molar-refractivity contribution in [2.75, 3.05) is 19.7 Å². The molecule has 0 fully saturated rings. The van der Waals surface area contributed by atoms with Crippen molar-refractivity contribution in [1.82, 2.24) is 10.2 Å². The minimum absolute atomic E-state index is 0.0796. The van der Waals surface area contributed by atoms with Crippen LogP contribution in [0.3, 0.4) is 0 Å². The highest BCUT2D eigenvalue weighted by atomic mass is 16.5. The zero-order valence-electron chi connectivity index (χ0n) is 17.1. The molecule has 7 nitrogen and oxygen atoms in total. The topological polar surface area (TPSA) is 95.9 Å². The van der Waals surface area contributed by atoms with E-state index in [2.05, 4.69) is 5.32 Å². The van der Waals surface area contributed by atoms with Crippen molar-refractivity contribution in [3.05, 3.63) is 59.7 Å². The van der Waals surface area contributed by atoms with E-state index >= 15 is 0 Å². The minimum atomic E-state index is -1.34. The Kier molecular flexibility index (Phi) is 6.72. The SMILES string of the molecule is CCN(CC)C(=O)CC(NC(=O)OCC1c2ccccc2-c2ccccc21)C(=O)O. The molecule has 0 saturated heterocycles. The van der Waals surface area contributed by atoms with Crippen molar-refractivity contribution in [3.8, 4) is 11.1 Å². The third-order valence-electron chi connectivity index (χ3n) is 5.43. The maximum Gasteiger partial charge on any atom is 0.407 e. The van der Waals surface area contributed by atoms with E-state index in [-0.39, 0.29) is 24.9 Å². The fraction of sp³-hybridized carbons (Fsp3) is 0.348. The molecule has 0 aromatic heterocycles. The number of rotatable bonds is 8. The number of carboxylic acid groups (broad SMARTS) is 1. The molecule has 2 amide bonds. The van der Waals surface area contributed by atoms with Crippen LogP contribution < -0.4 is 5.32 Å². The van der Waals surface area contributed by atoms with Crippen LogP contribution in [0, 0.1) is 0 Å². The van der Waals surface area contributed by atoms with Gasteiger partial charge in [0.25, 0.3) is 0 Å². The summed E-state index contributed by atoms with van der Waals surface area (Å²) < 4.78 is 5.38. The maximum absolute atomic E-state index is 12.3. The number of hydrogen-bond donors (Lipinski definition) is 2. The molecule has 2 aromatic carbocycles. The number of hydrogen-bond acceptors (Lipinski definition) is 4. The number of ether oxygens (including phenoxy) is 1. The Morgan fingerprint density at radius 2 is 1.53 bits per heavy atom. The van der Waals surface area contributed by atoms with Gasteiger partial charge >= 0.3 is 12.1 Å². The minimum Gasteiger partial charge on any atom is -0.480 e. The number of aliphatic carboxylic acids is 1. The molecule has 0 radical (unpaired) electrons. The van der Waals surface area contributed by atoms with Crippen molar-refractivity contribution < 1.29 is 24.2 Å². The smallest absolute Gasteiger partial charge is 0.407 e. The summed E-state index contributed by atoms with van der Waals surface area (Å²) >= 11 is 0. The Morgan fingerprint density at radius 3 is 2.03 bits per heavy atom. The van der Waals surface area contributed by atoms with E-state index in [0.29, 0.717) is 13.1 Å². The fourth-order valence-corrected chi connectivity index (χ4v) is 3.86. The van der Waals surface area contributed by atoms with E-state index in [1.807, 2.05) is 62.4 Å². The summed E-state index contributed by atoms with van der Waals surface area (Å²) in [5.74, 6) is -1.72. The molecule has 3 rings (SSSR count). The first kappa shape index (κ1) is 21.4. The van der Waals surface area contributed by atoms with E-state index in [4.69, 9.17) is 4.74 Å². The average Bonchev–Trinajstić information content (AvgIpc) is 3.06. The third kappa shape index (κ3) is 4.45. The number of benzene rings is 2. The Balaban J connectivity index is 1.65. The van der Waals surface area contributed by atoms with Crippen molar-refractivity contribution >= 4 is 18.0 Å². The van der Waals surface area contributed by atoms with Crippen LogP contribution in [-0.2, 0) is 14.3 Å². The molecular weight excluding hydrogens is 384 g/mol. The van der Waals surface area contributed by atoms with E-state index in [0.717, 1.165) is 22.3 Å². The predicted molar refractivity (Wildman–Crippen MR) is 112 cm³/mol. The van der Waals surface area contributed by atoms with Crippen molar-refractivity contribution in [2.24, 2.45) is 0 Å². The molecular formula is C23H26N2O5. The van der Waals surface area contributed by atoms with Gasteiger partial charge in [-0.15, -0.1) is 0 Å². The molecule has 0 bridgehead atoms. The number of carbonyl (C=O) groups excluding carboxylic acids is 2. The molecule has 1 unspecified atom stereocenters. The van der Waals surface area contributed by atoms with Crippen LogP contribution in [0.1, 0.15) is 37.3 Å². The van der Waals surface area contributed by atoms with Gasteiger partial charge in [0, 0.05) is 19.0 Å². The Morgan fingerprint density at radius 1 is 1.00 bits per heavy atom. The molecule has 1 aliphatic carbocycles. The summed E-state index contributed by atoms with van der Waals surface area (Å²) in [6, 6.07) is 14.6. The monoisotopic (exact) mass is 410 g/mol. The normalized spacial score (nSPS) is 13.1. The van der Waals surface area contributed by atoms with Crippen LogP contribution in [0.25, 0.3) is 11.1 Å². The molecule has 7 heteroatoms. The first-order valence-electron chi connectivity index (χ1n) is 10.1. The quantitative estimate of drug-likeness (QED) is 0.697. The van der Waals surface area contributed by atoms with Gasteiger partial charge in [0.15, 0.2) is 0 Å². The summed E-state index contributed by atoms with van der Waals surface area (Å²) in [6.07, 6.45) is -1.17. The van der Waals surface area contributed by atoms with Gasteiger partial charge in [0.1, 0.15) is 12.6 Å². The second-order valence-corrected chi connectivity index (χ2v) is 7.13. The van der Waals surface area contributed by atoms with Gasteiger partial charge in [-0.2, -0.15) is 0 Å². The zero-order valence-corrected chi connectivity index (χ0v) is 17.1. The zero-order chi connectivity index (χ0) is 21.7. The van der Waals surface area contributed by atoms with Crippen LogP contribution in [0.4, 0.5) is 4.79 Å². The first-order valence-corrected chi connectivity index (χ1v) is 10.1. The molecule has 2 N–H and O–H groups in total. The Bertz CT molecular complexity index is 893. The second kappa shape index (κ2) is 9.43. The lowest BCUT2D eigenvalue weighted by atomic mass is 9.98. The fourth-order valence-electron chi connectivity index (χ4n) is 3.86. The standard InChI is InChI=1S/C23H26N2O5/c1-3-25(4-2)21(26)13-20(22(27)28)24-23(29)30-14-19-17-11-7-5-9-15(17)16-10-6-8-12-18(16)19/h5-12,19-20H,3-4,13-14H2,1-2H3,(H,24,29)(H,27,28). The molecule has 0 saturated carbocycles. The summed E-state index contributed by atoms with van der Waals surface area (Å²) in [7, 11) is 0. The number of amides is 2. The van der Waals surface area contributed by atoms with Crippen molar-refractivity contribution in [1.29, 1.82) is 0 Å². The highest BCUT2D eigenvalue weighted by Gasteiger charge is 2.30. The number of fused-ring (bicyclic) bond motifs is 3. The molecule has 1 atom stereocenters. The summed E-state index contributed by atoms with van der Waals surface area (Å²) in [5.41, 5.74) is 4.35. The van der Waals surface area contributed by atoms with Gasteiger partial charge in [0.2, 0.25) is 5.91 Å². The predicted octanol–water partition coefficient (Wildman–Crippen LogP) is 3.24. The van der Waals surface area contributed by atoms with Crippen LogP contribution in [0.5, 0.6) is 0 Å². The lowest BCUT2D eigenvalue weighted by Crippen LogP contribution is -2.45. The lowest BCUT2D eigenvalue weighted by molar-refractivity contribution is -0.143. The second-order valence-electron chi connectivity index (χ2n) is 7.13. The van der Waals surface area contributed by atoms with Crippen LogP contribution in [0.15, 0.2) is 48.5 Å². The summed E-state index contributed by atoms with van der Waals surface area (Å²) in [6.45, 7) is 4.67. The van der Waals surface area contributed by atoms with Gasteiger partial charge in [-0.05, 0) is 36.1 Å². The number of carboxylic acids is 1. The summed E-state index contributed by atoms with van der Waals surface area (Å²) in [4.78, 5) is 37.6. The molecule has 2 aromatic rings. The summed E-state index contributed by atoms with van der Waals surface area (Å²) in [5, 5.41) is 11.7. The van der Waals surface area contributed by atoms with Gasteiger partial charge in [-0.25, -0.2) is 9.59 Å². The number of alkyl carbamates (subject to hydrolysis) is 1. The van der Waals surface area contributed by atoms with E-state index in [1.54, 1.807) is 0 Å². The van der Waals surface area contributed by atoms with Crippen molar-refractivity contribution in [2.45, 2.75) is 32.2 Å². The van der Waals surface area contributed by atoms with Gasteiger partial charge < -0.3 is 20.1 Å². The van der Waals surface area contributed by atoms with Gasteiger partial charge in [-0.3, -0.25) is 4.79 Å². The van der Waals surface area contributed by atoms with Crippen LogP contribution in [-0.4, -0.2) is 53.7 Å². The van der Waals surface area contributed by atoms with Crippen LogP contribution in [0.2, 0.25) is 0 Å². The molecule has 0 spiro atoms. The maximum atomic E-state index is 12.3. The van der Waals surface area contributed by atoms with Gasteiger partial charge in [-0.1, -0.05) is 48.5 Å².